The van der Waals surface area contributed by atoms with Crippen LogP contribution in [-0.2, 0) is 11.3 Å². The highest BCUT2D eigenvalue weighted by Crippen LogP contribution is 2.16. The number of hydrogen-bond acceptors (Lipinski definition) is 4. The Morgan fingerprint density at radius 1 is 1.47 bits per heavy atom. The number of carbonyl (C=O) groups excluding carboxylic acids is 1. The summed E-state index contributed by atoms with van der Waals surface area (Å²) in [7, 11) is 3.50. The number of amides is 1. The molecule has 0 fully saturated rings. The molecule has 0 aliphatic carbocycles. The minimum Gasteiger partial charge on any atom is -0.347 e. The van der Waals surface area contributed by atoms with Gasteiger partial charge in [-0.2, -0.15) is 0 Å². The Kier molecular flexibility index (Phi) is 4.90. The van der Waals surface area contributed by atoms with Crippen molar-refractivity contribution in [1.82, 2.24) is 9.88 Å². The van der Waals surface area contributed by atoms with Gasteiger partial charge in [-0.3, -0.25) is 4.79 Å². The third-order valence-electron chi connectivity index (χ3n) is 2.59. The molecule has 1 rings (SSSR count). The quantitative estimate of drug-likeness (QED) is 0.806. The maximum absolute atomic E-state index is 11.7. The predicted molar refractivity (Wildman–Crippen MR) is 68.7 cm³/mol. The Hall–Kier alpha value is -1.62. The molecule has 0 saturated heterocycles. The molecule has 0 saturated carbocycles. The number of anilines is 1. The molecular weight excluding hydrogens is 216 g/mol. The van der Waals surface area contributed by atoms with Gasteiger partial charge in [-0.25, -0.2) is 4.98 Å². The Labute approximate surface area is 102 Å². The first kappa shape index (κ1) is 13.4. The summed E-state index contributed by atoms with van der Waals surface area (Å²) in [5.41, 5.74) is 6.63. The summed E-state index contributed by atoms with van der Waals surface area (Å²) in [4.78, 5) is 19.5. The van der Waals surface area contributed by atoms with Crippen molar-refractivity contribution >= 4 is 11.7 Å². The van der Waals surface area contributed by atoms with Gasteiger partial charge in [0.25, 0.3) is 0 Å². The van der Waals surface area contributed by atoms with Crippen molar-refractivity contribution in [3.05, 3.63) is 23.9 Å². The van der Waals surface area contributed by atoms with Crippen LogP contribution >= 0.6 is 0 Å². The first-order valence-corrected chi connectivity index (χ1v) is 5.69. The number of aromatic nitrogens is 1. The minimum absolute atomic E-state index is 0.0560. The Morgan fingerprint density at radius 3 is 2.71 bits per heavy atom. The molecule has 2 N–H and O–H groups in total. The van der Waals surface area contributed by atoms with E-state index in [1.54, 1.807) is 25.2 Å². The van der Waals surface area contributed by atoms with Crippen LogP contribution in [0.25, 0.3) is 0 Å². The number of nitrogens with zero attached hydrogens (tertiary/aromatic N) is 3. The Balaban J connectivity index is 2.89. The molecule has 0 atom stereocenters. The van der Waals surface area contributed by atoms with Crippen LogP contribution in [0.1, 0.15) is 12.5 Å². The summed E-state index contributed by atoms with van der Waals surface area (Å²) < 4.78 is 0. The van der Waals surface area contributed by atoms with Crippen molar-refractivity contribution in [1.29, 1.82) is 0 Å². The third-order valence-corrected chi connectivity index (χ3v) is 2.59. The highest BCUT2D eigenvalue weighted by molar-refractivity contribution is 5.80. The van der Waals surface area contributed by atoms with Gasteiger partial charge in [0.1, 0.15) is 5.82 Å². The Morgan fingerprint density at radius 2 is 2.18 bits per heavy atom. The van der Waals surface area contributed by atoms with Crippen LogP contribution in [0, 0.1) is 0 Å². The molecule has 0 aromatic carbocycles. The van der Waals surface area contributed by atoms with Gasteiger partial charge in [0.15, 0.2) is 0 Å². The van der Waals surface area contributed by atoms with Gasteiger partial charge < -0.3 is 15.5 Å². The zero-order valence-corrected chi connectivity index (χ0v) is 10.7. The van der Waals surface area contributed by atoms with E-state index in [1.165, 1.54) is 0 Å². The summed E-state index contributed by atoms with van der Waals surface area (Å²) in [5.74, 6) is 0.855. The summed E-state index contributed by atoms with van der Waals surface area (Å²) >= 11 is 0. The van der Waals surface area contributed by atoms with Crippen LogP contribution in [0.15, 0.2) is 18.3 Å². The van der Waals surface area contributed by atoms with E-state index in [0.29, 0.717) is 13.1 Å². The summed E-state index contributed by atoms with van der Waals surface area (Å²) in [6.45, 7) is 3.48. The molecule has 1 aromatic rings. The number of carbonyl (C=O) groups is 1. The van der Waals surface area contributed by atoms with Crippen molar-refractivity contribution in [2.45, 2.75) is 13.5 Å². The van der Waals surface area contributed by atoms with Crippen LogP contribution in [0.4, 0.5) is 5.82 Å². The van der Waals surface area contributed by atoms with Gasteiger partial charge in [-0.15, -0.1) is 0 Å². The lowest BCUT2D eigenvalue weighted by Gasteiger charge is -2.24. The first-order chi connectivity index (χ1) is 8.10. The summed E-state index contributed by atoms with van der Waals surface area (Å²) in [6.07, 6.45) is 1.72. The highest BCUT2D eigenvalue weighted by atomic mass is 16.2. The van der Waals surface area contributed by atoms with E-state index in [4.69, 9.17) is 5.73 Å². The van der Waals surface area contributed by atoms with Crippen LogP contribution in [0.3, 0.4) is 0 Å². The van der Waals surface area contributed by atoms with E-state index in [-0.39, 0.29) is 5.91 Å². The molecule has 0 aliphatic heterocycles. The number of pyridine rings is 1. The largest absolute Gasteiger partial charge is 0.347 e. The molecule has 0 radical (unpaired) electrons. The molecule has 5 nitrogen and oxygen atoms in total. The molecule has 17 heavy (non-hydrogen) atoms. The maximum atomic E-state index is 11.7. The molecule has 0 bridgehead atoms. The molecule has 0 aliphatic rings. The zero-order valence-electron chi connectivity index (χ0n) is 10.7. The fraction of sp³-hybridized carbons (Fsp3) is 0.500. The van der Waals surface area contributed by atoms with Crippen LogP contribution in [-0.4, -0.2) is 43.0 Å². The minimum atomic E-state index is 0.0560. The molecule has 1 amide bonds. The van der Waals surface area contributed by atoms with Gasteiger partial charge in [-0.05, 0) is 13.0 Å². The van der Waals surface area contributed by atoms with E-state index in [2.05, 4.69) is 4.98 Å². The predicted octanol–water partition coefficient (Wildman–Crippen LogP) is 0.455. The SMILES string of the molecule is CCN(CC(=O)N(C)C)c1ncccc1CN. The summed E-state index contributed by atoms with van der Waals surface area (Å²) in [6, 6.07) is 3.79. The van der Waals surface area contributed by atoms with E-state index in [0.717, 1.165) is 17.9 Å². The lowest BCUT2D eigenvalue weighted by Crippen LogP contribution is -2.37. The highest BCUT2D eigenvalue weighted by Gasteiger charge is 2.14. The average Bonchev–Trinajstić information content (AvgIpc) is 2.35. The molecular formula is C12H20N4O. The second-order valence-corrected chi connectivity index (χ2v) is 3.99. The molecule has 0 unspecified atom stereocenters. The van der Waals surface area contributed by atoms with Gasteiger partial charge in [0, 0.05) is 38.9 Å². The smallest absolute Gasteiger partial charge is 0.241 e. The molecule has 5 heteroatoms. The monoisotopic (exact) mass is 236 g/mol. The van der Waals surface area contributed by atoms with Gasteiger partial charge in [0.05, 0.1) is 6.54 Å². The zero-order chi connectivity index (χ0) is 12.8. The Bertz CT molecular complexity index is 379. The van der Waals surface area contributed by atoms with E-state index in [1.807, 2.05) is 24.0 Å². The van der Waals surface area contributed by atoms with Crippen LogP contribution in [0.5, 0.6) is 0 Å². The van der Waals surface area contributed by atoms with Crippen molar-refractivity contribution in [2.24, 2.45) is 5.73 Å². The van der Waals surface area contributed by atoms with E-state index in [9.17, 15) is 4.79 Å². The number of rotatable bonds is 5. The number of likely N-dealkylation sites (N-methyl/N-ethyl adjacent to an activating group) is 2. The maximum Gasteiger partial charge on any atom is 0.241 e. The van der Waals surface area contributed by atoms with Gasteiger partial charge in [0.2, 0.25) is 5.91 Å². The molecule has 1 aromatic heterocycles. The third kappa shape index (κ3) is 3.42. The fourth-order valence-electron chi connectivity index (χ4n) is 1.52. The van der Waals surface area contributed by atoms with Gasteiger partial charge >= 0.3 is 0 Å². The topological polar surface area (TPSA) is 62.5 Å². The van der Waals surface area contributed by atoms with Crippen molar-refractivity contribution in [3.8, 4) is 0 Å². The normalized spacial score (nSPS) is 10.1. The molecule has 1 heterocycles. The second kappa shape index (κ2) is 6.20. The van der Waals surface area contributed by atoms with Crippen molar-refractivity contribution < 1.29 is 4.79 Å². The average molecular weight is 236 g/mol. The van der Waals surface area contributed by atoms with Crippen LogP contribution < -0.4 is 10.6 Å². The number of hydrogen-bond donors (Lipinski definition) is 1. The first-order valence-electron chi connectivity index (χ1n) is 5.69. The molecule has 94 valence electrons. The van der Waals surface area contributed by atoms with E-state index >= 15 is 0 Å². The van der Waals surface area contributed by atoms with E-state index < -0.39 is 0 Å². The summed E-state index contributed by atoms with van der Waals surface area (Å²) in [5, 5.41) is 0. The van der Waals surface area contributed by atoms with Crippen LogP contribution in [0.2, 0.25) is 0 Å². The standard InChI is InChI=1S/C12H20N4O/c1-4-16(9-11(17)15(2)3)12-10(8-13)6-5-7-14-12/h5-7H,4,8-9,13H2,1-3H3. The van der Waals surface area contributed by atoms with Gasteiger partial charge in [-0.1, -0.05) is 6.07 Å². The lowest BCUT2D eigenvalue weighted by molar-refractivity contribution is -0.127. The lowest BCUT2D eigenvalue weighted by atomic mass is 10.2. The second-order valence-electron chi connectivity index (χ2n) is 3.99. The number of nitrogens with two attached hydrogens (primary N) is 1. The van der Waals surface area contributed by atoms with Crippen molar-refractivity contribution in [2.75, 3.05) is 32.1 Å². The molecule has 0 spiro atoms. The van der Waals surface area contributed by atoms with Crippen molar-refractivity contribution in [3.63, 3.8) is 0 Å². The fourth-order valence-corrected chi connectivity index (χ4v) is 1.52.